The van der Waals surface area contributed by atoms with Crippen molar-refractivity contribution < 1.29 is 0 Å². The smallest absolute Gasteiger partial charge is 0.0444 e. The minimum atomic E-state index is 0.153. The lowest BCUT2D eigenvalue weighted by atomic mass is 9.75. The summed E-state index contributed by atoms with van der Waals surface area (Å²) >= 11 is 5.95. The van der Waals surface area contributed by atoms with E-state index < -0.39 is 0 Å². The zero-order valence-corrected chi connectivity index (χ0v) is 5.63. The standard InChI is InChI=1S/C6H11Cl/c1-5-3-4-6(5,2)7/h5H,3-4H2,1-2H3. The van der Waals surface area contributed by atoms with Crippen LogP contribution >= 0.6 is 11.6 Å². The summed E-state index contributed by atoms with van der Waals surface area (Å²) < 4.78 is 0. The third-order valence-electron chi connectivity index (χ3n) is 2.09. The second-order valence-electron chi connectivity index (χ2n) is 2.72. The van der Waals surface area contributed by atoms with Gasteiger partial charge >= 0.3 is 0 Å². The molecule has 2 atom stereocenters. The first kappa shape index (κ1) is 5.43. The van der Waals surface area contributed by atoms with Crippen LogP contribution in [0.3, 0.4) is 0 Å². The molecule has 1 aliphatic carbocycles. The fourth-order valence-electron chi connectivity index (χ4n) is 0.831. The maximum absolute atomic E-state index is 5.95. The highest BCUT2D eigenvalue weighted by atomic mass is 35.5. The van der Waals surface area contributed by atoms with Crippen molar-refractivity contribution in [3.63, 3.8) is 0 Å². The van der Waals surface area contributed by atoms with Crippen molar-refractivity contribution in [1.82, 2.24) is 0 Å². The lowest BCUT2D eigenvalue weighted by molar-refractivity contribution is 0.251. The first-order chi connectivity index (χ1) is 3.13. The molecule has 0 bridgehead atoms. The number of halogens is 1. The Hall–Kier alpha value is 0.290. The van der Waals surface area contributed by atoms with Crippen molar-refractivity contribution in [3.8, 4) is 0 Å². The Bertz CT molecular complexity index is 76.2. The second kappa shape index (κ2) is 1.38. The van der Waals surface area contributed by atoms with Crippen LogP contribution in [-0.4, -0.2) is 4.87 Å². The molecule has 1 saturated carbocycles. The molecular formula is C6H11Cl. The number of rotatable bonds is 0. The SMILES string of the molecule is CC1CCC1(C)Cl. The molecular weight excluding hydrogens is 108 g/mol. The predicted octanol–water partition coefficient (Wildman–Crippen LogP) is 2.41. The summed E-state index contributed by atoms with van der Waals surface area (Å²) in [7, 11) is 0. The van der Waals surface area contributed by atoms with Crippen molar-refractivity contribution in [2.24, 2.45) is 5.92 Å². The highest BCUT2D eigenvalue weighted by molar-refractivity contribution is 6.24. The van der Waals surface area contributed by atoms with Gasteiger partial charge in [-0.05, 0) is 25.7 Å². The Kier molecular flexibility index (Phi) is 1.07. The van der Waals surface area contributed by atoms with Gasteiger partial charge in [0.2, 0.25) is 0 Å². The van der Waals surface area contributed by atoms with Crippen LogP contribution in [0.2, 0.25) is 0 Å². The van der Waals surface area contributed by atoms with Gasteiger partial charge in [0.25, 0.3) is 0 Å². The molecule has 0 aromatic heterocycles. The summed E-state index contributed by atoms with van der Waals surface area (Å²) in [6, 6.07) is 0. The molecule has 0 radical (unpaired) electrons. The van der Waals surface area contributed by atoms with Crippen LogP contribution < -0.4 is 0 Å². The molecule has 7 heavy (non-hydrogen) atoms. The van der Waals surface area contributed by atoms with Crippen LogP contribution in [0.4, 0.5) is 0 Å². The summed E-state index contributed by atoms with van der Waals surface area (Å²) in [5, 5.41) is 0. The van der Waals surface area contributed by atoms with E-state index >= 15 is 0 Å². The fourth-order valence-corrected chi connectivity index (χ4v) is 1.05. The minimum absolute atomic E-state index is 0.153. The summed E-state index contributed by atoms with van der Waals surface area (Å²) in [5.41, 5.74) is 0. The lowest BCUT2D eigenvalue weighted by Crippen LogP contribution is -2.36. The molecule has 0 aromatic rings. The quantitative estimate of drug-likeness (QED) is 0.429. The zero-order chi connectivity index (χ0) is 5.49. The van der Waals surface area contributed by atoms with Crippen LogP contribution in [-0.2, 0) is 0 Å². The molecule has 0 heterocycles. The van der Waals surface area contributed by atoms with Crippen molar-refractivity contribution in [2.45, 2.75) is 31.6 Å². The van der Waals surface area contributed by atoms with Crippen molar-refractivity contribution >= 4 is 11.6 Å². The van der Waals surface area contributed by atoms with Gasteiger partial charge in [0.1, 0.15) is 0 Å². The third kappa shape index (κ3) is 0.766. The van der Waals surface area contributed by atoms with E-state index in [0.29, 0.717) is 0 Å². The molecule has 42 valence electrons. The maximum atomic E-state index is 5.95. The first-order valence-corrected chi connectivity index (χ1v) is 3.19. The van der Waals surface area contributed by atoms with Crippen molar-refractivity contribution in [2.75, 3.05) is 0 Å². The molecule has 0 aromatic carbocycles. The molecule has 2 unspecified atom stereocenters. The van der Waals surface area contributed by atoms with Gasteiger partial charge in [-0.2, -0.15) is 0 Å². The molecule has 0 amide bonds. The number of alkyl halides is 1. The Balaban J connectivity index is 2.43. The van der Waals surface area contributed by atoms with E-state index in [9.17, 15) is 0 Å². The monoisotopic (exact) mass is 118 g/mol. The molecule has 1 aliphatic rings. The summed E-state index contributed by atoms with van der Waals surface area (Å²) in [4.78, 5) is 0.153. The Morgan fingerprint density at radius 2 is 2.14 bits per heavy atom. The zero-order valence-electron chi connectivity index (χ0n) is 4.87. The van der Waals surface area contributed by atoms with Gasteiger partial charge < -0.3 is 0 Å². The summed E-state index contributed by atoms with van der Waals surface area (Å²) in [6.07, 6.45) is 2.52. The van der Waals surface area contributed by atoms with Crippen LogP contribution in [0.15, 0.2) is 0 Å². The molecule has 0 spiro atoms. The molecule has 0 saturated heterocycles. The molecule has 1 fully saturated rings. The minimum Gasteiger partial charge on any atom is -0.119 e. The van der Waals surface area contributed by atoms with Gasteiger partial charge in [-0.3, -0.25) is 0 Å². The van der Waals surface area contributed by atoms with Gasteiger partial charge in [0.15, 0.2) is 0 Å². The largest absolute Gasteiger partial charge is 0.119 e. The van der Waals surface area contributed by atoms with E-state index in [1.807, 2.05) is 0 Å². The van der Waals surface area contributed by atoms with E-state index in [1.165, 1.54) is 12.8 Å². The normalized spacial score (nSPS) is 51.0. The Morgan fingerprint density at radius 1 is 1.71 bits per heavy atom. The van der Waals surface area contributed by atoms with Crippen molar-refractivity contribution in [3.05, 3.63) is 0 Å². The fraction of sp³-hybridized carbons (Fsp3) is 1.00. The summed E-state index contributed by atoms with van der Waals surface area (Å²) in [6.45, 7) is 4.32. The van der Waals surface area contributed by atoms with Gasteiger partial charge in [-0.25, -0.2) is 0 Å². The molecule has 0 N–H and O–H groups in total. The van der Waals surface area contributed by atoms with E-state index in [1.54, 1.807) is 0 Å². The van der Waals surface area contributed by atoms with Gasteiger partial charge in [-0.15, -0.1) is 11.6 Å². The molecule has 1 heteroatoms. The second-order valence-corrected chi connectivity index (χ2v) is 3.58. The molecule has 0 nitrogen and oxygen atoms in total. The van der Waals surface area contributed by atoms with Gasteiger partial charge in [-0.1, -0.05) is 6.92 Å². The predicted molar refractivity (Wildman–Crippen MR) is 32.7 cm³/mol. The number of hydrogen-bond donors (Lipinski definition) is 0. The highest BCUT2D eigenvalue weighted by Gasteiger charge is 2.36. The lowest BCUT2D eigenvalue weighted by Gasteiger charge is -2.39. The van der Waals surface area contributed by atoms with Crippen LogP contribution in [0.25, 0.3) is 0 Å². The average Bonchev–Trinajstić information content (AvgIpc) is 1.63. The van der Waals surface area contributed by atoms with E-state index in [2.05, 4.69) is 13.8 Å². The average molecular weight is 119 g/mol. The summed E-state index contributed by atoms with van der Waals surface area (Å²) in [5.74, 6) is 0.745. The topological polar surface area (TPSA) is 0 Å². The first-order valence-electron chi connectivity index (χ1n) is 2.82. The van der Waals surface area contributed by atoms with E-state index in [4.69, 9.17) is 11.6 Å². The third-order valence-corrected chi connectivity index (χ3v) is 2.66. The maximum Gasteiger partial charge on any atom is 0.0444 e. The van der Waals surface area contributed by atoms with E-state index in [0.717, 1.165) is 5.92 Å². The van der Waals surface area contributed by atoms with Gasteiger partial charge in [0, 0.05) is 4.87 Å². The number of hydrogen-bond acceptors (Lipinski definition) is 0. The highest BCUT2D eigenvalue weighted by Crippen LogP contribution is 2.42. The van der Waals surface area contributed by atoms with Crippen LogP contribution in [0.5, 0.6) is 0 Å². The Labute approximate surface area is 49.9 Å². The van der Waals surface area contributed by atoms with Gasteiger partial charge in [0.05, 0.1) is 0 Å². The van der Waals surface area contributed by atoms with Crippen molar-refractivity contribution in [1.29, 1.82) is 0 Å². The molecule has 0 aliphatic heterocycles. The Morgan fingerprint density at radius 3 is 2.14 bits per heavy atom. The van der Waals surface area contributed by atoms with E-state index in [-0.39, 0.29) is 4.87 Å². The van der Waals surface area contributed by atoms with Crippen LogP contribution in [0, 0.1) is 5.92 Å². The van der Waals surface area contributed by atoms with Crippen LogP contribution in [0.1, 0.15) is 26.7 Å². The molecule has 1 rings (SSSR count).